The molecule has 0 aromatic heterocycles. The van der Waals surface area contributed by atoms with Crippen molar-refractivity contribution in [2.24, 2.45) is 0 Å². The molecule has 1 unspecified atom stereocenters. The van der Waals surface area contributed by atoms with Gasteiger partial charge in [0.1, 0.15) is 0 Å². The first-order valence-electron chi connectivity index (χ1n) is 6.07. The van der Waals surface area contributed by atoms with Crippen LogP contribution in [0, 0.1) is 0 Å². The highest BCUT2D eigenvalue weighted by Gasteiger charge is 2.13. The number of nitrogens with one attached hydrogen (secondary N) is 1. The summed E-state index contributed by atoms with van der Waals surface area (Å²) in [5, 5.41) is 5.29. The fourth-order valence-electron chi connectivity index (χ4n) is 2.07. The zero-order valence-electron chi connectivity index (χ0n) is 10.8. The normalized spacial score (nSPS) is 12.4. The van der Waals surface area contributed by atoms with Gasteiger partial charge in [-0.1, -0.05) is 56.8 Å². The van der Waals surface area contributed by atoms with Crippen LogP contribution < -0.4 is 5.32 Å². The molecule has 0 saturated carbocycles. The first kappa shape index (κ1) is 16.1. The summed E-state index contributed by atoms with van der Waals surface area (Å²) >= 11 is 21.8. The Kier molecular flexibility index (Phi) is 5.76. The van der Waals surface area contributed by atoms with Crippen LogP contribution in [0.4, 0.5) is 0 Å². The van der Waals surface area contributed by atoms with E-state index < -0.39 is 0 Å². The molecule has 106 valence electrons. The van der Waals surface area contributed by atoms with Gasteiger partial charge in [0.2, 0.25) is 0 Å². The van der Waals surface area contributed by atoms with Crippen LogP contribution in [0.5, 0.6) is 0 Å². The van der Waals surface area contributed by atoms with E-state index in [1.807, 2.05) is 37.4 Å². The predicted octanol–water partition coefficient (Wildman–Crippen LogP) is 5.91. The maximum absolute atomic E-state index is 6.27. The third kappa shape index (κ3) is 4.12. The van der Waals surface area contributed by atoms with E-state index in [0.29, 0.717) is 10.0 Å². The van der Waals surface area contributed by atoms with Crippen LogP contribution in [0.3, 0.4) is 0 Å². The maximum Gasteiger partial charge on any atom is 0.0449 e. The Labute approximate surface area is 142 Å². The Morgan fingerprint density at radius 3 is 2.25 bits per heavy atom. The highest BCUT2D eigenvalue weighted by molar-refractivity contribution is 9.10. The van der Waals surface area contributed by atoms with E-state index in [0.717, 1.165) is 27.0 Å². The van der Waals surface area contributed by atoms with E-state index in [-0.39, 0.29) is 6.04 Å². The Morgan fingerprint density at radius 1 is 1.05 bits per heavy atom. The molecule has 0 saturated heterocycles. The topological polar surface area (TPSA) is 12.0 Å². The first-order valence-corrected chi connectivity index (χ1v) is 7.99. The smallest absolute Gasteiger partial charge is 0.0449 e. The lowest BCUT2D eigenvalue weighted by Gasteiger charge is -2.18. The second-order valence-electron chi connectivity index (χ2n) is 4.48. The van der Waals surface area contributed by atoms with Crippen LogP contribution >= 0.6 is 50.7 Å². The van der Waals surface area contributed by atoms with Crippen LogP contribution in [-0.2, 0) is 6.42 Å². The average molecular weight is 394 g/mol. The molecule has 2 aromatic carbocycles. The maximum atomic E-state index is 6.27. The molecule has 0 heterocycles. The summed E-state index contributed by atoms with van der Waals surface area (Å²) in [6.45, 7) is 0. The summed E-state index contributed by atoms with van der Waals surface area (Å²) in [6, 6.07) is 11.6. The van der Waals surface area contributed by atoms with E-state index in [1.165, 1.54) is 0 Å². The molecule has 0 aliphatic carbocycles. The van der Waals surface area contributed by atoms with E-state index in [1.54, 1.807) is 6.07 Å². The minimum absolute atomic E-state index is 0.102. The van der Waals surface area contributed by atoms with Gasteiger partial charge in [-0.05, 0) is 54.9 Å². The van der Waals surface area contributed by atoms with Crippen molar-refractivity contribution < 1.29 is 0 Å². The summed E-state index contributed by atoms with van der Waals surface area (Å²) < 4.78 is 0.970. The first-order chi connectivity index (χ1) is 9.49. The lowest BCUT2D eigenvalue weighted by atomic mass is 9.99. The van der Waals surface area contributed by atoms with Crippen molar-refractivity contribution in [3.05, 3.63) is 67.1 Å². The van der Waals surface area contributed by atoms with Crippen LogP contribution in [0.25, 0.3) is 0 Å². The zero-order chi connectivity index (χ0) is 14.7. The third-order valence-electron chi connectivity index (χ3n) is 3.07. The summed E-state index contributed by atoms with van der Waals surface area (Å²) in [5.74, 6) is 0. The molecule has 0 bridgehead atoms. The van der Waals surface area contributed by atoms with Gasteiger partial charge >= 0.3 is 0 Å². The lowest BCUT2D eigenvalue weighted by Crippen LogP contribution is -2.19. The van der Waals surface area contributed by atoms with Gasteiger partial charge in [-0.3, -0.25) is 0 Å². The Morgan fingerprint density at radius 2 is 1.70 bits per heavy atom. The van der Waals surface area contributed by atoms with Gasteiger partial charge in [-0.25, -0.2) is 0 Å². The molecular formula is C15H13BrCl3N. The third-order valence-corrected chi connectivity index (χ3v) is 4.36. The van der Waals surface area contributed by atoms with Crippen molar-refractivity contribution >= 4 is 50.7 Å². The van der Waals surface area contributed by atoms with Gasteiger partial charge in [-0.15, -0.1) is 0 Å². The Hall–Kier alpha value is -0.250. The van der Waals surface area contributed by atoms with Crippen molar-refractivity contribution in [2.75, 3.05) is 7.05 Å². The molecule has 2 rings (SSSR count). The summed E-state index contributed by atoms with van der Waals surface area (Å²) in [6.07, 6.45) is 0.763. The number of hydrogen-bond acceptors (Lipinski definition) is 1. The van der Waals surface area contributed by atoms with Gasteiger partial charge in [0.25, 0.3) is 0 Å². The summed E-state index contributed by atoms with van der Waals surface area (Å²) in [7, 11) is 1.91. The van der Waals surface area contributed by atoms with Crippen molar-refractivity contribution in [1.29, 1.82) is 0 Å². The number of benzene rings is 2. The molecule has 0 radical (unpaired) electrons. The molecule has 0 spiro atoms. The van der Waals surface area contributed by atoms with Crippen molar-refractivity contribution in [1.82, 2.24) is 5.32 Å². The standard InChI is InChI=1S/C15H13BrCl3N/c1-20-15(10-4-12(17)8-13(18)5-10)6-9-2-3-11(16)7-14(9)19/h2-5,7-8,15,20H,6H2,1H3. The van der Waals surface area contributed by atoms with Crippen molar-refractivity contribution in [2.45, 2.75) is 12.5 Å². The molecule has 5 heteroatoms. The largest absolute Gasteiger partial charge is 0.313 e. The molecule has 0 aliphatic rings. The fraction of sp³-hybridized carbons (Fsp3) is 0.200. The second-order valence-corrected chi connectivity index (χ2v) is 6.68. The lowest BCUT2D eigenvalue weighted by molar-refractivity contribution is 0.592. The van der Waals surface area contributed by atoms with Crippen LogP contribution in [0.2, 0.25) is 15.1 Å². The van der Waals surface area contributed by atoms with E-state index in [2.05, 4.69) is 21.2 Å². The number of halogens is 4. The molecule has 1 N–H and O–H groups in total. The zero-order valence-corrected chi connectivity index (χ0v) is 14.6. The van der Waals surface area contributed by atoms with Crippen LogP contribution in [-0.4, -0.2) is 7.05 Å². The number of rotatable bonds is 4. The quantitative estimate of drug-likeness (QED) is 0.681. The molecule has 0 fully saturated rings. The minimum atomic E-state index is 0.102. The van der Waals surface area contributed by atoms with Gasteiger partial charge in [0, 0.05) is 25.6 Å². The van der Waals surface area contributed by atoms with E-state index >= 15 is 0 Å². The van der Waals surface area contributed by atoms with Gasteiger partial charge in [-0.2, -0.15) is 0 Å². The monoisotopic (exact) mass is 391 g/mol. The molecule has 1 atom stereocenters. The average Bonchev–Trinajstić information content (AvgIpc) is 2.36. The van der Waals surface area contributed by atoms with Crippen LogP contribution in [0.15, 0.2) is 40.9 Å². The van der Waals surface area contributed by atoms with Crippen molar-refractivity contribution in [3.63, 3.8) is 0 Å². The van der Waals surface area contributed by atoms with E-state index in [9.17, 15) is 0 Å². The number of hydrogen-bond donors (Lipinski definition) is 1. The molecule has 20 heavy (non-hydrogen) atoms. The Bertz CT molecular complexity index is 596. The minimum Gasteiger partial charge on any atom is -0.313 e. The molecule has 1 nitrogen and oxygen atoms in total. The fourth-order valence-corrected chi connectivity index (χ4v) is 3.36. The molecule has 2 aromatic rings. The molecule has 0 amide bonds. The SMILES string of the molecule is CNC(Cc1ccc(Br)cc1Cl)c1cc(Cl)cc(Cl)c1. The Balaban J connectivity index is 2.28. The summed E-state index contributed by atoms with van der Waals surface area (Å²) in [5.41, 5.74) is 2.12. The summed E-state index contributed by atoms with van der Waals surface area (Å²) in [4.78, 5) is 0. The van der Waals surface area contributed by atoms with Crippen molar-refractivity contribution in [3.8, 4) is 0 Å². The second kappa shape index (κ2) is 7.15. The predicted molar refractivity (Wildman–Crippen MR) is 91.1 cm³/mol. The van der Waals surface area contributed by atoms with Gasteiger partial charge in [0.05, 0.1) is 0 Å². The van der Waals surface area contributed by atoms with Crippen LogP contribution in [0.1, 0.15) is 17.2 Å². The molecular weight excluding hydrogens is 380 g/mol. The highest BCUT2D eigenvalue weighted by Crippen LogP contribution is 2.29. The number of likely N-dealkylation sites (N-methyl/N-ethyl adjacent to an activating group) is 1. The highest BCUT2D eigenvalue weighted by atomic mass is 79.9. The molecule has 0 aliphatic heterocycles. The van der Waals surface area contributed by atoms with E-state index in [4.69, 9.17) is 34.8 Å². The van der Waals surface area contributed by atoms with Gasteiger partial charge < -0.3 is 5.32 Å². The van der Waals surface area contributed by atoms with Gasteiger partial charge in [0.15, 0.2) is 0 Å².